The monoisotopic (exact) mass is 163 g/mol. The van der Waals surface area contributed by atoms with Crippen LogP contribution < -0.4 is 5.73 Å². The molecule has 0 radical (unpaired) electrons. The van der Waals surface area contributed by atoms with E-state index < -0.39 is 0 Å². The van der Waals surface area contributed by atoms with Gasteiger partial charge >= 0.3 is 0 Å². The molecular weight excluding hydrogens is 154 g/mol. The third kappa shape index (κ3) is 3.31. The number of nitrogen functional groups attached to an aromatic ring is 1. The van der Waals surface area contributed by atoms with Gasteiger partial charge in [-0.05, 0) is 12.1 Å². The molecule has 0 unspecified atom stereocenters. The van der Waals surface area contributed by atoms with Crippen molar-refractivity contribution in [2.24, 2.45) is 0 Å². The van der Waals surface area contributed by atoms with Crippen molar-refractivity contribution in [1.82, 2.24) is 20.6 Å². The largest absolute Gasteiger partial charge is 0.399 e. The minimum atomic E-state index is 0.822. The first-order chi connectivity index (χ1) is 5.89. The van der Waals surface area contributed by atoms with Crippen molar-refractivity contribution in [2.45, 2.75) is 0 Å². The van der Waals surface area contributed by atoms with E-state index in [1.807, 2.05) is 30.3 Å². The first-order valence-electron chi connectivity index (χ1n) is 3.36. The van der Waals surface area contributed by atoms with Crippen LogP contribution in [0.25, 0.3) is 0 Å². The number of nitrogens with zero attached hydrogens (tertiary/aromatic N) is 3. The van der Waals surface area contributed by atoms with Crippen molar-refractivity contribution in [2.75, 3.05) is 5.73 Å². The molecule has 2 rings (SSSR count). The van der Waals surface area contributed by atoms with E-state index in [1.165, 1.54) is 6.33 Å². The average Bonchev–Trinajstić information content (AvgIpc) is 2.62. The number of hydrogen-bond donors (Lipinski definition) is 2. The molecule has 0 fully saturated rings. The minimum absolute atomic E-state index is 0.822. The molecule has 0 bridgehead atoms. The van der Waals surface area contributed by atoms with E-state index in [-0.39, 0.29) is 0 Å². The lowest BCUT2D eigenvalue weighted by Crippen LogP contribution is -1.79. The molecule has 5 nitrogen and oxygen atoms in total. The summed E-state index contributed by atoms with van der Waals surface area (Å²) in [4.78, 5) is 0. The van der Waals surface area contributed by atoms with Gasteiger partial charge in [-0.15, -0.1) is 10.2 Å². The summed E-state index contributed by atoms with van der Waals surface area (Å²) in [6.45, 7) is 0. The van der Waals surface area contributed by atoms with E-state index in [0.717, 1.165) is 5.69 Å². The molecule has 0 atom stereocenters. The third-order valence-electron chi connectivity index (χ3n) is 1.07. The zero-order valence-corrected chi connectivity index (χ0v) is 6.38. The van der Waals surface area contributed by atoms with Crippen LogP contribution in [-0.2, 0) is 0 Å². The van der Waals surface area contributed by atoms with Gasteiger partial charge in [0.15, 0.2) is 6.33 Å². The normalized spacial score (nSPS) is 8.33. The minimum Gasteiger partial charge on any atom is -0.399 e. The van der Waals surface area contributed by atoms with Gasteiger partial charge in [0.05, 0.1) is 0 Å². The van der Waals surface area contributed by atoms with Crippen molar-refractivity contribution in [3.05, 3.63) is 36.7 Å². The number of tetrazole rings is 1. The Morgan fingerprint density at radius 2 is 1.92 bits per heavy atom. The molecule has 5 heteroatoms. The number of H-pyrrole nitrogens is 1. The number of nitrogens with one attached hydrogen (secondary N) is 1. The van der Waals surface area contributed by atoms with Crippen molar-refractivity contribution < 1.29 is 0 Å². The highest BCUT2D eigenvalue weighted by molar-refractivity contribution is 5.35. The molecule has 1 heterocycles. The van der Waals surface area contributed by atoms with Gasteiger partial charge in [-0.3, -0.25) is 0 Å². The number of hydrogen-bond acceptors (Lipinski definition) is 4. The van der Waals surface area contributed by atoms with Crippen LogP contribution in [0.2, 0.25) is 0 Å². The van der Waals surface area contributed by atoms with Crippen LogP contribution in [0.1, 0.15) is 0 Å². The Labute approximate surface area is 69.6 Å². The van der Waals surface area contributed by atoms with Gasteiger partial charge in [0.25, 0.3) is 0 Å². The smallest absolute Gasteiger partial charge is 0.161 e. The fourth-order valence-corrected chi connectivity index (χ4v) is 0.582. The van der Waals surface area contributed by atoms with Gasteiger partial charge in [-0.1, -0.05) is 23.4 Å². The molecule has 62 valence electrons. The molecule has 1 aromatic carbocycles. The second kappa shape index (κ2) is 4.84. The zero-order chi connectivity index (χ0) is 8.65. The van der Waals surface area contributed by atoms with E-state index in [0.29, 0.717) is 0 Å². The highest BCUT2D eigenvalue weighted by Crippen LogP contribution is 1.95. The molecular formula is C7H9N5. The Kier molecular flexibility index (Phi) is 3.30. The van der Waals surface area contributed by atoms with Gasteiger partial charge in [-0.2, -0.15) is 5.21 Å². The van der Waals surface area contributed by atoms with Gasteiger partial charge in [-0.25, -0.2) is 0 Å². The van der Waals surface area contributed by atoms with Crippen LogP contribution in [-0.4, -0.2) is 20.6 Å². The number of aromatic nitrogens is 4. The topological polar surface area (TPSA) is 80.5 Å². The van der Waals surface area contributed by atoms with Gasteiger partial charge in [0.2, 0.25) is 0 Å². The van der Waals surface area contributed by atoms with E-state index in [1.54, 1.807) is 0 Å². The van der Waals surface area contributed by atoms with Crippen molar-refractivity contribution in [1.29, 1.82) is 0 Å². The van der Waals surface area contributed by atoms with E-state index >= 15 is 0 Å². The summed E-state index contributed by atoms with van der Waals surface area (Å²) in [5, 5.41) is 12.2. The van der Waals surface area contributed by atoms with Crippen LogP contribution >= 0.6 is 0 Å². The Morgan fingerprint density at radius 1 is 1.17 bits per heavy atom. The third-order valence-corrected chi connectivity index (χ3v) is 1.07. The van der Waals surface area contributed by atoms with Crippen LogP contribution in [0.3, 0.4) is 0 Å². The van der Waals surface area contributed by atoms with Crippen molar-refractivity contribution in [3.8, 4) is 0 Å². The maximum absolute atomic E-state index is 5.36. The fourth-order valence-electron chi connectivity index (χ4n) is 0.582. The predicted octanol–water partition coefficient (Wildman–Crippen LogP) is 0.468. The summed E-state index contributed by atoms with van der Waals surface area (Å²) < 4.78 is 0. The molecule has 0 spiro atoms. The summed E-state index contributed by atoms with van der Waals surface area (Å²) in [5.74, 6) is 0. The second-order valence-electron chi connectivity index (χ2n) is 1.97. The summed E-state index contributed by atoms with van der Waals surface area (Å²) in [6, 6.07) is 9.49. The lowest BCUT2D eigenvalue weighted by Gasteiger charge is -1.83. The number of rotatable bonds is 0. The number of nitrogens with two attached hydrogens (primary N) is 1. The van der Waals surface area contributed by atoms with Crippen LogP contribution in [0, 0.1) is 0 Å². The summed E-state index contributed by atoms with van der Waals surface area (Å²) in [5.41, 5.74) is 6.18. The summed E-state index contributed by atoms with van der Waals surface area (Å²) in [6.07, 6.45) is 1.33. The number of para-hydroxylation sites is 1. The standard InChI is InChI=1S/C6H7N.CH2N4/c7-6-4-2-1-3-5-6;1-2-4-5-3-1/h1-5H,7H2;1H,(H,2,3,4,5). The van der Waals surface area contributed by atoms with E-state index in [9.17, 15) is 0 Å². The van der Waals surface area contributed by atoms with Gasteiger partial charge < -0.3 is 5.73 Å². The molecule has 1 aromatic heterocycles. The first kappa shape index (κ1) is 8.19. The first-order valence-corrected chi connectivity index (χ1v) is 3.36. The summed E-state index contributed by atoms with van der Waals surface area (Å²) in [7, 11) is 0. The van der Waals surface area contributed by atoms with Crippen LogP contribution in [0.4, 0.5) is 5.69 Å². The van der Waals surface area contributed by atoms with E-state index in [2.05, 4.69) is 20.6 Å². The quantitative estimate of drug-likeness (QED) is 0.553. The van der Waals surface area contributed by atoms with Gasteiger partial charge in [0.1, 0.15) is 0 Å². The number of benzene rings is 1. The molecule has 0 aliphatic rings. The predicted molar refractivity (Wildman–Crippen MR) is 45.0 cm³/mol. The Morgan fingerprint density at radius 3 is 2.17 bits per heavy atom. The molecule has 0 saturated carbocycles. The Bertz CT molecular complexity index is 261. The van der Waals surface area contributed by atoms with Gasteiger partial charge in [0, 0.05) is 5.69 Å². The highest BCUT2D eigenvalue weighted by Gasteiger charge is 1.72. The van der Waals surface area contributed by atoms with Crippen LogP contribution in [0.15, 0.2) is 36.7 Å². The van der Waals surface area contributed by atoms with Crippen molar-refractivity contribution in [3.63, 3.8) is 0 Å². The molecule has 0 amide bonds. The fraction of sp³-hybridized carbons (Fsp3) is 0. The maximum atomic E-state index is 5.36. The lowest BCUT2D eigenvalue weighted by molar-refractivity contribution is 0.881. The molecule has 3 N–H and O–H groups in total. The SMILES string of the molecule is Nc1ccccc1.c1nn[nH]n1. The number of anilines is 1. The highest BCUT2D eigenvalue weighted by atomic mass is 15.5. The molecule has 0 aliphatic carbocycles. The molecule has 0 aliphatic heterocycles. The van der Waals surface area contributed by atoms with Crippen molar-refractivity contribution >= 4 is 5.69 Å². The Balaban J connectivity index is 0.000000127. The van der Waals surface area contributed by atoms with Crippen LogP contribution in [0.5, 0.6) is 0 Å². The van der Waals surface area contributed by atoms with E-state index in [4.69, 9.17) is 5.73 Å². The molecule has 12 heavy (non-hydrogen) atoms. The molecule has 0 saturated heterocycles. The number of aromatic amines is 1. The molecule has 2 aromatic rings. The lowest BCUT2D eigenvalue weighted by atomic mass is 10.3. The Hall–Kier alpha value is -1.91. The average molecular weight is 163 g/mol. The second-order valence-corrected chi connectivity index (χ2v) is 1.97. The maximum Gasteiger partial charge on any atom is 0.161 e. The zero-order valence-electron chi connectivity index (χ0n) is 6.38. The summed E-state index contributed by atoms with van der Waals surface area (Å²) >= 11 is 0.